The van der Waals surface area contributed by atoms with E-state index in [-0.39, 0.29) is 11.2 Å². The summed E-state index contributed by atoms with van der Waals surface area (Å²) in [6.07, 6.45) is 3.24. The minimum Gasteiger partial charge on any atom is -0.268 e. The van der Waals surface area contributed by atoms with Crippen LogP contribution in [0.1, 0.15) is 0 Å². The standard InChI is InChI=1S/C19H12FN3O/c20-15-8-2-4-10-17(15)23-18(13-6-5-11-21-12-13)22-16-9-3-1-7-14(16)19(23)24/h1-12H. The Morgan fingerprint density at radius 3 is 2.50 bits per heavy atom. The van der Waals surface area contributed by atoms with Crippen molar-refractivity contribution in [3.63, 3.8) is 0 Å². The molecule has 2 aromatic carbocycles. The first-order valence-corrected chi connectivity index (χ1v) is 7.43. The highest BCUT2D eigenvalue weighted by Gasteiger charge is 2.16. The molecule has 4 aromatic rings. The van der Waals surface area contributed by atoms with Crippen molar-refractivity contribution in [1.82, 2.24) is 14.5 Å². The number of aromatic nitrogens is 3. The molecule has 0 atom stereocenters. The van der Waals surface area contributed by atoms with E-state index in [4.69, 9.17) is 0 Å². The molecular weight excluding hydrogens is 305 g/mol. The maximum absolute atomic E-state index is 14.3. The van der Waals surface area contributed by atoms with E-state index in [1.165, 1.54) is 10.6 Å². The second-order valence-electron chi connectivity index (χ2n) is 5.29. The first kappa shape index (κ1) is 14.3. The van der Waals surface area contributed by atoms with Crippen LogP contribution >= 0.6 is 0 Å². The number of benzene rings is 2. The van der Waals surface area contributed by atoms with Crippen LogP contribution in [0.5, 0.6) is 0 Å². The lowest BCUT2D eigenvalue weighted by atomic mass is 10.2. The quantitative estimate of drug-likeness (QED) is 0.568. The molecule has 0 fully saturated rings. The van der Waals surface area contributed by atoms with Crippen LogP contribution in [0.2, 0.25) is 0 Å². The van der Waals surface area contributed by atoms with Gasteiger partial charge in [0.1, 0.15) is 11.6 Å². The summed E-state index contributed by atoms with van der Waals surface area (Å²) < 4.78 is 15.6. The minimum absolute atomic E-state index is 0.166. The SMILES string of the molecule is O=c1c2ccccc2nc(-c2cccnc2)n1-c1ccccc1F. The van der Waals surface area contributed by atoms with Crippen molar-refractivity contribution in [2.75, 3.05) is 0 Å². The van der Waals surface area contributed by atoms with Crippen LogP contribution in [0.4, 0.5) is 4.39 Å². The monoisotopic (exact) mass is 317 g/mol. The molecule has 0 aliphatic carbocycles. The molecule has 116 valence electrons. The average Bonchev–Trinajstić information content (AvgIpc) is 2.63. The van der Waals surface area contributed by atoms with Gasteiger partial charge in [-0.15, -0.1) is 0 Å². The van der Waals surface area contributed by atoms with Gasteiger partial charge in [-0.05, 0) is 36.4 Å². The Kier molecular flexibility index (Phi) is 3.39. The minimum atomic E-state index is -0.484. The normalized spacial score (nSPS) is 10.9. The van der Waals surface area contributed by atoms with Gasteiger partial charge in [0.15, 0.2) is 0 Å². The Bertz CT molecular complexity index is 1090. The van der Waals surface area contributed by atoms with Gasteiger partial charge in [0.05, 0.1) is 16.6 Å². The van der Waals surface area contributed by atoms with Gasteiger partial charge in [-0.1, -0.05) is 24.3 Å². The van der Waals surface area contributed by atoms with E-state index in [1.54, 1.807) is 60.9 Å². The fourth-order valence-electron chi connectivity index (χ4n) is 2.68. The van der Waals surface area contributed by atoms with Crippen LogP contribution in [0.25, 0.3) is 28.0 Å². The van der Waals surface area contributed by atoms with Gasteiger partial charge >= 0.3 is 0 Å². The Morgan fingerprint density at radius 2 is 1.71 bits per heavy atom. The lowest BCUT2D eigenvalue weighted by Crippen LogP contribution is -2.22. The molecule has 4 nitrogen and oxygen atoms in total. The number of fused-ring (bicyclic) bond motifs is 1. The maximum Gasteiger partial charge on any atom is 0.266 e. The second kappa shape index (κ2) is 5.70. The lowest BCUT2D eigenvalue weighted by molar-refractivity contribution is 0.616. The van der Waals surface area contributed by atoms with E-state index >= 15 is 0 Å². The van der Waals surface area contributed by atoms with Crippen molar-refractivity contribution >= 4 is 10.9 Å². The highest BCUT2D eigenvalue weighted by atomic mass is 19.1. The summed E-state index contributed by atoms with van der Waals surface area (Å²) in [5.74, 6) is -0.126. The molecule has 2 aromatic heterocycles. The number of rotatable bonds is 2. The number of hydrogen-bond donors (Lipinski definition) is 0. The fraction of sp³-hybridized carbons (Fsp3) is 0. The molecule has 0 bridgehead atoms. The zero-order valence-electron chi connectivity index (χ0n) is 12.6. The molecule has 5 heteroatoms. The Hall–Kier alpha value is -3.34. The molecule has 0 aliphatic heterocycles. The third-order valence-electron chi connectivity index (χ3n) is 3.79. The molecule has 4 rings (SSSR count). The Labute approximate surface area is 136 Å². The predicted molar refractivity (Wildman–Crippen MR) is 90.5 cm³/mol. The molecule has 0 aliphatic rings. The number of hydrogen-bond acceptors (Lipinski definition) is 3. The summed E-state index contributed by atoms with van der Waals surface area (Å²) in [4.78, 5) is 21.7. The molecule has 0 spiro atoms. The van der Waals surface area contributed by atoms with Crippen molar-refractivity contribution in [1.29, 1.82) is 0 Å². The van der Waals surface area contributed by atoms with E-state index in [2.05, 4.69) is 9.97 Å². The molecular formula is C19H12FN3O. The molecule has 0 radical (unpaired) electrons. The topological polar surface area (TPSA) is 47.8 Å². The first-order chi connectivity index (χ1) is 11.8. The average molecular weight is 317 g/mol. The van der Waals surface area contributed by atoms with E-state index in [0.29, 0.717) is 22.3 Å². The Balaban J connectivity index is 2.16. The number of para-hydroxylation sites is 2. The molecule has 0 amide bonds. The zero-order valence-corrected chi connectivity index (χ0v) is 12.6. The molecule has 0 saturated carbocycles. The molecule has 0 saturated heterocycles. The van der Waals surface area contributed by atoms with Gasteiger partial charge in [-0.2, -0.15) is 0 Å². The van der Waals surface area contributed by atoms with Crippen molar-refractivity contribution in [3.05, 3.63) is 89.2 Å². The van der Waals surface area contributed by atoms with Gasteiger partial charge < -0.3 is 0 Å². The molecule has 24 heavy (non-hydrogen) atoms. The Morgan fingerprint density at radius 1 is 0.917 bits per heavy atom. The van der Waals surface area contributed by atoms with E-state index in [1.807, 2.05) is 6.07 Å². The van der Waals surface area contributed by atoms with Crippen LogP contribution in [0.3, 0.4) is 0 Å². The summed E-state index contributed by atoms with van der Waals surface area (Å²) in [5.41, 5.74) is 1.06. The molecule has 0 N–H and O–H groups in total. The van der Waals surface area contributed by atoms with Crippen molar-refractivity contribution in [2.24, 2.45) is 0 Å². The van der Waals surface area contributed by atoms with E-state index in [0.717, 1.165) is 0 Å². The van der Waals surface area contributed by atoms with Crippen molar-refractivity contribution in [3.8, 4) is 17.1 Å². The van der Waals surface area contributed by atoms with Gasteiger partial charge in [-0.3, -0.25) is 14.3 Å². The van der Waals surface area contributed by atoms with Crippen LogP contribution in [-0.2, 0) is 0 Å². The first-order valence-electron chi connectivity index (χ1n) is 7.43. The van der Waals surface area contributed by atoms with Crippen molar-refractivity contribution in [2.45, 2.75) is 0 Å². The third-order valence-corrected chi connectivity index (χ3v) is 3.79. The third kappa shape index (κ3) is 2.27. The zero-order chi connectivity index (χ0) is 16.5. The lowest BCUT2D eigenvalue weighted by Gasteiger charge is -2.14. The predicted octanol–water partition coefficient (Wildman–Crippen LogP) is 3.59. The van der Waals surface area contributed by atoms with E-state index < -0.39 is 5.82 Å². The molecule has 2 heterocycles. The van der Waals surface area contributed by atoms with Crippen LogP contribution in [0.15, 0.2) is 77.9 Å². The van der Waals surface area contributed by atoms with Crippen molar-refractivity contribution < 1.29 is 4.39 Å². The van der Waals surface area contributed by atoms with Gasteiger partial charge in [0.25, 0.3) is 5.56 Å². The largest absolute Gasteiger partial charge is 0.268 e. The molecule has 0 unspecified atom stereocenters. The number of nitrogens with zero attached hydrogens (tertiary/aromatic N) is 3. The van der Waals surface area contributed by atoms with E-state index in [9.17, 15) is 9.18 Å². The highest BCUT2D eigenvalue weighted by Crippen LogP contribution is 2.22. The second-order valence-corrected chi connectivity index (χ2v) is 5.29. The smallest absolute Gasteiger partial charge is 0.266 e. The summed E-state index contributed by atoms with van der Waals surface area (Å²) >= 11 is 0. The maximum atomic E-state index is 14.3. The summed E-state index contributed by atoms with van der Waals surface area (Å²) in [6.45, 7) is 0. The summed E-state index contributed by atoms with van der Waals surface area (Å²) in [5, 5.41) is 0.438. The van der Waals surface area contributed by atoms with Crippen LogP contribution in [0, 0.1) is 5.82 Å². The van der Waals surface area contributed by atoms with Crippen LogP contribution < -0.4 is 5.56 Å². The van der Waals surface area contributed by atoms with Gasteiger partial charge in [-0.25, -0.2) is 9.37 Å². The summed E-state index contributed by atoms with van der Waals surface area (Å²) in [7, 11) is 0. The fourth-order valence-corrected chi connectivity index (χ4v) is 2.68. The van der Waals surface area contributed by atoms with Gasteiger partial charge in [0.2, 0.25) is 0 Å². The summed E-state index contributed by atoms with van der Waals surface area (Å²) in [6, 6.07) is 16.7. The number of halogens is 1. The van der Waals surface area contributed by atoms with Gasteiger partial charge in [0, 0.05) is 18.0 Å². The highest BCUT2D eigenvalue weighted by molar-refractivity contribution is 5.80. The number of pyridine rings is 1. The van der Waals surface area contributed by atoms with Crippen LogP contribution in [-0.4, -0.2) is 14.5 Å².